The molecule has 2 aromatic carbocycles. The summed E-state index contributed by atoms with van der Waals surface area (Å²) in [5, 5.41) is 3.15. The molecule has 0 aliphatic carbocycles. The fourth-order valence-corrected chi connectivity index (χ4v) is 2.42. The van der Waals surface area contributed by atoms with Gasteiger partial charge in [0.2, 0.25) is 0 Å². The van der Waals surface area contributed by atoms with Crippen molar-refractivity contribution in [3.05, 3.63) is 48.5 Å². The minimum absolute atomic E-state index is 0.307. The van der Waals surface area contributed by atoms with Crippen LogP contribution in [-0.2, 0) is 9.84 Å². The van der Waals surface area contributed by atoms with E-state index >= 15 is 0 Å². The van der Waals surface area contributed by atoms with Gasteiger partial charge >= 0.3 is 0 Å². The summed E-state index contributed by atoms with van der Waals surface area (Å²) < 4.78 is 28.2. The van der Waals surface area contributed by atoms with E-state index in [0.717, 1.165) is 5.69 Å². The second-order valence-corrected chi connectivity index (χ2v) is 6.63. The molecule has 3 N–H and O–H groups in total. The lowest BCUT2D eigenvalue weighted by Gasteiger charge is -2.10. The standard InChI is InChI=1S/C15H18N2O3S/c1-21(18,19)13-8-6-12(7-9-13)17-10-11-20-15-5-3-2-4-14(15)16/h2-9,17H,10-11,16H2,1H3. The van der Waals surface area contributed by atoms with Gasteiger partial charge in [0.15, 0.2) is 9.84 Å². The molecule has 0 aromatic heterocycles. The third kappa shape index (κ3) is 4.39. The van der Waals surface area contributed by atoms with Crippen molar-refractivity contribution in [3.63, 3.8) is 0 Å². The minimum atomic E-state index is -3.15. The number of hydrogen-bond acceptors (Lipinski definition) is 5. The van der Waals surface area contributed by atoms with E-state index in [-0.39, 0.29) is 0 Å². The Kier molecular flexibility index (Phi) is 4.70. The Morgan fingerprint density at radius 1 is 1.10 bits per heavy atom. The highest BCUT2D eigenvalue weighted by Gasteiger charge is 2.05. The second-order valence-electron chi connectivity index (χ2n) is 4.61. The predicted octanol–water partition coefficient (Wildman–Crippen LogP) is 2.16. The molecule has 0 heterocycles. The highest BCUT2D eigenvalue weighted by Crippen LogP contribution is 2.19. The lowest BCUT2D eigenvalue weighted by atomic mass is 10.3. The van der Waals surface area contributed by atoms with Crippen LogP contribution < -0.4 is 15.8 Å². The Hall–Kier alpha value is -2.21. The van der Waals surface area contributed by atoms with Gasteiger partial charge in [-0.1, -0.05) is 12.1 Å². The van der Waals surface area contributed by atoms with Crippen LogP contribution in [0.1, 0.15) is 0 Å². The zero-order valence-electron chi connectivity index (χ0n) is 11.7. The largest absolute Gasteiger partial charge is 0.490 e. The van der Waals surface area contributed by atoms with Gasteiger partial charge in [0.05, 0.1) is 10.6 Å². The van der Waals surface area contributed by atoms with E-state index in [0.29, 0.717) is 29.5 Å². The van der Waals surface area contributed by atoms with Crippen molar-refractivity contribution in [2.24, 2.45) is 0 Å². The van der Waals surface area contributed by atoms with Crippen LogP contribution in [0.3, 0.4) is 0 Å². The van der Waals surface area contributed by atoms with Crippen molar-refractivity contribution < 1.29 is 13.2 Å². The van der Waals surface area contributed by atoms with E-state index < -0.39 is 9.84 Å². The first-order valence-electron chi connectivity index (χ1n) is 6.48. The normalized spacial score (nSPS) is 11.1. The molecule has 112 valence electrons. The van der Waals surface area contributed by atoms with Crippen LogP contribution in [0.25, 0.3) is 0 Å². The van der Waals surface area contributed by atoms with Crippen LogP contribution in [-0.4, -0.2) is 27.8 Å². The molecule has 0 radical (unpaired) electrons. The molecular weight excluding hydrogens is 288 g/mol. The summed E-state index contributed by atoms with van der Waals surface area (Å²) in [5.41, 5.74) is 7.22. The fourth-order valence-electron chi connectivity index (χ4n) is 1.79. The van der Waals surface area contributed by atoms with E-state index in [9.17, 15) is 8.42 Å². The maximum absolute atomic E-state index is 11.3. The molecule has 0 atom stereocenters. The van der Waals surface area contributed by atoms with Gasteiger partial charge in [-0.2, -0.15) is 0 Å². The molecule has 0 bridgehead atoms. The Balaban J connectivity index is 1.83. The lowest BCUT2D eigenvalue weighted by molar-refractivity contribution is 0.334. The number of sulfone groups is 1. The molecule has 6 heteroatoms. The third-order valence-corrected chi connectivity index (χ3v) is 4.02. The number of nitrogen functional groups attached to an aromatic ring is 1. The monoisotopic (exact) mass is 306 g/mol. The molecule has 0 spiro atoms. The Morgan fingerprint density at radius 3 is 2.38 bits per heavy atom. The van der Waals surface area contributed by atoms with Crippen molar-refractivity contribution in [1.29, 1.82) is 0 Å². The van der Waals surface area contributed by atoms with Gasteiger partial charge in [-0.3, -0.25) is 0 Å². The third-order valence-electron chi connectivity index (χ3n) is 2.89. The van der Waals surface area contributed by atoms with Gasteiger partial charge in [0.1, 0.15) is 12.4 Å². The van der Waals surface area contributed by atoms with Crippen molar-refractivity contribution in [2.75, 3.05) is 30.5 Å². The summed E-state index contributed by atoms with van der Waals surface area (Å²) >= 11 is 0. The molecule has 0 unspecified atom stereocenters. The highest BCUT2D eigenvalue weighted by atomic mass is 32.2. The van der Waals surface area contributed by atoms with Crippen molar-refractivity contribution in [1.82, 2.24) is 0 Å². The molecule has 5 nitrogen and oxygen atoms in total. The number of para-hydroxylation sites is 2. The van der Waals surface area contributed by atoms with Crippen LogP contribution in [0, 0.1) is 0 Å². The van der Waals surface area contributed by atoms with Gasteiger partial charge in [-0.25, -0.2) is 8.42 Å². The number of nitrogens with two attached hydrogens (primary N) is 1. The SMILES string of the molecule is CS(=O)(=O)c1ccc(NCCOc2ccccc2N)cc1. The van der Waals surface area contributed by atoms with Crippen LogP contribution in [0.4, 0.5) is 11.4 Å². The maximum atomic E-state index is 11.3. The van der Waals surface area contributed by atoms with Gasteiger partial charge in [-0.15, -0.1) is 0 Å². The van der Waals surface area contributed by atoms with Gasteiger partial charge < -0.3 is 15.8 Å². The van der Waals surface area contributed by atoms with Crippen LogP contribution in [0.2, 0.25) is 0 Å². The minimum Gasteiger partial charge on any atom is -0.490 e. The summed E-state index contributed by atoms with van der Waals surface area (Å²) in [6.45, 7) is 1.05. The highest BCUT2D eigenvalue weighted by molar-refractivity contribution is 7.90. The zero-order chi connectivity index (χ0) is 15.3. The molecule has 2 aromatic rings. The molecule has 0 fully saturated rings. The molecule has 0 saturated heterocycles. The molecule has 0 aliphatic rings. The first-order chi connectivity index (χ1) is 9.97. The quantitative estimate of drug-likeness (QED) is 0.631. The van der Waals surface area contributed by atoms with Crippen LogP contribution in [0.5, 0.6) is 5.75 Å². The molecule has 2 rings (SSSR count). The van der Waals surface area contributed by atoms with E-state index in [4.69, 9.17) is 10.5 Å². The number of benzene rings is 2. The second kappa shape index (κ2) is 6.49. The summed E-state index contributed by atoms with van der Waals surface area (Å²) in [6.07, 6.45) is 1.19. The number of anilines is 2. The summed E-state index contributed by atoms with van der Waals surface area (Å²) in [4.78, 5) is 0.307. The average molecular weight is 306 g/mol. The van der Waals surface area contributed by atoms with Gasteiger partial charge in [-0.05, 0) is 36.4 Å². The van der Waals surface area contributed by atoms with Crippen LogP contribution >= 0.6 is 0 Å². The predicted molar refractivity (Wildman–Crippen MR) is 84.4 cm³/mol. The molecule has 0 aliphatic heterocycles. The maximum Gasteiger partial charge on any atom is 0.175 e. The number of nitrogens with one attached hydrogen (secondary N) is 1. The number of hydrogen-bond donors (Lipinski definition) is 2. The zero-order valence-corrected chi connectivity index (χ0v) is 12.6. The van der Waals surface area contributed by atoms with Gasteiger partial charge in [0, 0.05) is 18.5 Å². The number of rotatable bonds is 6. The summed E-state index contributed by atoms with van der Waals surface area (Å²) in [7, 11) is -3.15. The van der Waals surface area contributed by atoms with E-state index in [2.05, 4.69) is 5.32 Å². The van der Waals surface area contributed by atoms with Crippen molar-refractivity contribution >= 4 is 21.2 Å². The lowest BCUT2D eigenvalue weighted by Crippen LogP contribution is -2.12. The smallest absolute Gasteiger partial charge is 0.175 e. The van der Waals surface area contributed by atoms with Gasteiger partial charge in [0.25, 0.3) is 0 Å². The molecule has 0 saturated carbocycles. The molecular formula is C15H18N2O3S. The average Bonchev–Trinajstić information content (AvgIpc) is 2.45. The van der Waals surface area contributed by atoms with E-state index in [1.807, 2.05) is 18.2 Å². The Bertz CT molecular complexity index is 697. The first-order valence-corrected chi connectivity index (χ1v) is 8.37. The van der Waals surface area contributed by atoms with Crippen molar-refractivity contribution in [2.45, 2.75) is 4.90 Å². The molecule has 0 amide bonds. The fraction of sp³-hybridized carbons (Fsp3) is 0.200. The Morgan fingerprint density at radius 2 is 1.76 bits per heavy atom. The topological polar surface area (TPSA) is 81.4 Å². The van der Waals surface area contributed by atoms with E-state index in [1.165, 1.54) is 6.26 Å². The summed E-state index contributed by atoms with van der Waals surface area (Å²) in [5.74, 6) is 0.659. The van der Waals surface area contributed by atoms with Crippen LogP contribution in [0.15, 0.2) is 53.4 Å². The van der Waals surface area contributed by atoms with E-state index in [1.54, 1.807) is 30.3 Å². The first kappa shape index (κ1) is 15.2. The summed E-state index contributed by atoms with van der Waals surface area (Å²) in [6, 6.07) is 13.9. The van der Waals surface area contributed by atoms with Crippen molar-refractivity contribution in [3.8, 4) is 5.75 Å². The number of ether oxygens (including phenoxy) is 1. The molecule has 21 heavy (non-hydrogen) atoms. The Labute approximate surface area is 124 Å².